The maximum atomic E-state index is 10.8. The predicted octanol–water partition coefficient (Wildman–Crippen LogP) is 3.82. The van der Waals surface area contributed by atoms with Gasteiger partial charge in [0.2, 0.25) is 5.91 Å². The molecule has 0 fully saturated rings. The average Bonchev–Trinajstić information content (AvgIpc) is 2.76. The van der Waals surface area contributed by atoms with E-state index < -0.39 is 0 Å². The predicted molar refractivity (Wildman–Crippen MR) is 78.6 cm³/mol. The van der Waals surface area contributed by atoms with E-state index in [2.05, 4.69) is 0 Å². The molecule has 96 valence electrons. The van der Waals surface area contributed by atoms with Gasteiger partial charge in [0.1, 0.15) is 5.58 Å². The topological polar surface area (TPSA) is 56.2 Å². The summed E-state index contributed by atoms with van der Waals surface area (Å²) in [6.45, 7) is 0. The van der Waals surface area contributed by atoms with Crippen molar-refractivity contribution in [2.24, 2.45) is 5.73 Å². The number of hydrogen-bond donors (Lipinski definition) is 1. The molecule has 0 aliphatic rings. The number of halogens is 1. The highest BCUT2D eigenvalue weighted by Crippen LogP contribution is 2.36. The van der Waals surface area contributed by atoms with Crippen molar-refractivity contribution in [1.29, 1.82) is 0 Å². The Bertz CT molecular complexity index is 782. The van der Waals surface area contributed by atoms with Crippen LogP contribution in [0.4, 0.5) is 0 Å². The number of furan rings is 1. The highest BCUT2D eigenvalue weighted by molar-refractivity contribution is 8.00. The number of fused-ring (bicyclic) bond motifs is 3. The Morgan fingerprint density at radius 2 is 2.05 bits per heavy atom. The Labute approximate surface area is 118 Å². The zero-order valence-electron chi connectivity index (χ0n) is 9.85. The molecule has 0 atom stereocenters. The van der Waals surface area contributed by atoms with Crippen molar-refractivity contribution >= 4 is 51.2 Å². The summed E-state index contributed by atoms with van der Waals surface area (Å²) in [4.78, 5) is 11.7. The molecule has 0 bridgehead atoms. The summed E-state index contributed by atoms with van der Waals surface area (Å²) in [7, 11) is 0. The molecule has 0 saturated carbocycles. The third-order valence-electron chi connectivity index (χ3n) is 2.79. The third-order valence-corrected chi connectivity index (χ3v) is 4.07. The molecule has 2 N–H and O–H groups in total. The number of amides is 1. The van der Waals surface area contributed by atoms with Gasteiger partial charge in [-0.2, -0.15) is 0 Å². The second-order valence-electron chi connectivity index (χ2n) is 4.13. The molecule has 0 radical (unpaired) electrons. The van der Waals surface area contributed by atoms with Crippen molar-refractivity contribution in [3.63, 3.8) is 0 Å². The summed E-state index contributed by atoms with van der Waals surface area (Å²) in [5.74, 6) is -0.115. The van der Waals surface area contributed by atoms with Crippen molar-refractivity contribution in [2.75, 3.05) is 5.75 Å². The first-order valence-electron chi connectivity index (χ1n) is 5.67. The third kappa shape index (κ3) is 2.29. The molecule has 0 unspecified atom stereocenters. The van der Waals surface area contributed by atoms with Gasteiger partial charge in [-0.1, -0.05) is 29.8 Å². The zero-order chi connectivity index (χ0) is 13.4. The van der Waals surface area contributed by atoms with E-state index in [4.69, 9.17) is 21.8 Å². The monoisotopic (exact) mass is 291 g/mol. The van der Waals surface area contributed by atoms with Crippen LogP contribution in [0.3, 0.4) is 0 Å². The van der Waals surface area contributed by atoms with Crippen LogP contribution < -0.4 is 5.73 Å². The van der Waals surface area contributed by atoms with Gasteiger partial charge in [-0.15, -0.1) is 11.8 Å². The average molecular weight is 292 g/mol. The van der Waals surface area contributed by atoms with Crippen LogP contribution in [0.2, 0.25) is 5.02 Å². The minimum Gasteiger partial charge on any atom is -0.454 e. The summed E-state index contributed by atoms with van der Waals surface area (Å²) in [5.41, 5.74) is 6.63. The number of hydrogen-bond acceptors (Lipinski definition) is 3. The van der Waals surface area contributed by atoms with Gasteiger partial charge in [0.25, 0.3) is 0 Å². The second kappa shape index (κ2) is 4.79. The quantitative estimate of drug-likeness (QED) is 0.746. The van der Waals surface area contributed by atoms with Crippen LogP contribution in [0.25, 0.3) is 21.9 Å². The molecular formula is C14H10ClNO2S. The standard InChI is InChI=1S/C14H10ClNO2S/c15-11-6-8(19-7-13(16)17)5-10-9-3-1-2-4-12(9)18-14(10)11/h1-6H,7H2,(H2,16,17). The molecule has 2 aromatic carbocycles. The number of para-hydroxylation sites is 1. The van der Waals surface area contributed by atoms with E-state index >= 15 is 0 Å². The maximum Gasteiger partial charge on any atom is 0.227 e. The highest BCUT2D eigenvalue weighted by Gasteiger charge is 2.11. The number of benzene rings is 2. The molecule has 0 spiro atoms. The van der Waals surface area contributed by atoms with Gasteiger partial charge in [0, 0.05) is 15.7 Å². The zero-order valence-corrected chi connectivity index (χ0v) is 11.4. The minimum absolute atomic E-state index is 0.234. The molecule has 3 aromatic rings. The number of rotatable bonds is 3. The van der Waals surface area contributed by atoms with Crippen molar-refractivity contribution in [3.8, 4) is 0 Å². The van der Waals surface area contributed by atoms with Crippen molar-refractivity contribution < 1.29 is 9.21 Å². The SMILES string of the molecule is NC(=O)CSc1cc(Cl)c2oc3ccccc3c2c1. The Morgan fingerprint density at radius 1 is 1.26 bits per heavy atom. The lowest BCUT2D eigenvalue weighted by molar-refractivity contribution is -0.115. The molecule has 5 heteroatoms. The van der Waals surface area contributed by atoms with E-state index in [1.54, 1.807) is 6.07 Å². The van der Waals surface area contributed by atoms with E-state index in [-0.39, 0.29) is 11.7 Å². The fraction of sp³-hybridized carbons (Fsp3) is 0.0714. The fourth-order valence-corrected chi connectivity index (χ4v) is 3.03. The number of thioether (sulfide) groups is 1. The van der Waals surface area contributed by atoms with Crippen molar-refractivity contribution in [3.05, 3.63) is 41.4 Å². The molecule has 19 heavy (non-hydrogen) atoms. The van der Waals surface area contributed by atoms with Gasteiger partial charge in [-0.05, 0) is 18.2 Å². The van der Waals surface area contributed by atoms with Crippen molar-refractivity contribution in [2.45, 2.75) is 4.90 Å². The first-order chi connectivity index (χ1) is 9.15. The van der Waals surface area contributed by atoms with Crippen LogP contribution in [0, 0.1) is 0 Å². The highest BCUT2D eigenvalue weighted by atomic mass is 35.5. The number of primary amides is 1. The molecule has 3 nitrogen and oxygen atoms in total. The number of carbonyl (C=O) groups excluding carboxylic acids is 1. The number of nitrogens with two attached hydrogens (primary N) is 1. The van der Waals surface area contributed by atoms with Gasteiger partial charge in [-0.25, -0.2) is 0 Å². The van der Waals surface area contributed by atoms with E-state index in [1.165, 1.54) is 11.8 Å². The number of carbonyl (C=O) groups is 1. The van der Waals surface area contributed by atoms with Crippen molar-refractivity contribution in [1.82, 2.24) is 0 Å². The molecule has 0 aliphatic heterocycles. The summed E-state index contributed by atoms with van der Waals surface area (Å²) in [6, 6.07) is 11.5. The van der Waals surface area contributed by atoms with Gasteiger partial charge >= 0.3 is 0 Å². The lowest BCUT2D eigenvalue weighted by Crippen LogP contribution is -2.12. The van der Waals surface area contributed by atoms with Crippen LogP contribution >= 0.6 is 23.4 Å². The van der Waals surface area contributed by atoms with E-state index in [1.807, 2.05) is 30.3 Å². The van der Waals surface area contributed by atoms with Gasteiger partial charge < -0.3 is 10.2 Å². The molecular weight excluding hydrogens is 282 g/mol. The van der Waals surface area contributed by atoms with Gasteiger partial charge in [-0.3, -0.25) is 4.79 Å². The Hall–Kier alpha value is -1.65. The Balaban J connectivity index is 2.17. The molecule has 1 amide bonds. The largest absolute Gasteiger partial charge is 0.454 e. The Morgan fingerprint density at radius 3 is 2.84 bits per heavy atom. The molecule has 3 rings (SSSR count). The lowest BCUT2D eigenvalue weighted by atomic mass is 10.1. The van der Waals surface area contributed by atoms with Gasteiger partial charge in [0.05, 0.1) is 10.8 Å². The first-order valence-corrected chi connectivity index (χ1v) is 7.03. The van der Waals surface area contributed by atoms with Crippen LogP contribution in [0.15, 0.2) is 45.7 Å². The molecule has 1 heterocycles. The Kier molecular flexibility index (Phi) is 3.12. The van der Waals surface area contributed by atoms with E-state index in [0.717, 1.165) is 21.3 Å². The van der Waals surface area contributed by atoms with E-state index in [0.29, 0.717) is 10.6 Å². The van der Waals surface area contributed by atoms with Gasteiger partial charge in [0.15, 0.2) is 5.58 Å². The summed E-state index contributed by atoms with van der Waals surface area (Å²) < 4.78 is 5.73. The lowest BCUT2D eigenvalue weighted by Gasteiger charge is -2.01. The summed E-state index contributed by atoms with van der Waals surface area (Å²) in [6.07, 6.45) is 0. The van der Waals surface area contributed by atoms with Crippen LogP contribution in [0.5, 0.6) is 0 Å². The summed E-state index contributed by atoms with van der Waals surface area (Å²) >= 11 is 7.59. The molecule has 1 aromatic heterocycles. The normalized spacial score (nSPS) is 11.2. The van der Waals surface area contributed by atoms with Crippen LogP contribution in [0.1, 0.15) is 0 Å². The molecule has 0 saturated heterocycles. The molecule has 0 aliphatic carbocycles. The fourth-order valence-electron chi connectivity index (χ4n) is 2.00. The summed E-state index contributed by atoms with van der Waals surface area (Å²) in [5, 5.41) is 2.51. The maximum absolute atomic E-state index is 10.8. The minimum atomic E-state index is -0.349. The van der Waals surface area contributed by atoms with Crippen LogP contribution in [-0.4, -0.2) is 11.7 Å². The second-order valence-corrected chi connectivity index (χ2v) is 5.59. The van der Waals surface area contributed by atoms with Crippen LogP contribution in [-0.2, 0) is 4.79 Å². The van der Waals surface area contributed by atoms with E-state index in [9.17, 15) is 4.79 Å². The smallest absolute Gasteiger partial charge is 0.227 e. The first kappa shape index (κ1) is 12.4.